The molecule has 1 aliphatic heterocycles. The van der Waals surface area contributed by atoms with Gasteiger partial charge in [-0.3, -0.25) is 19.2 Å². The van der Waals surface area contributed by atoms with Crippen LogP contribution in [0.3, 0.4) is 0 Å². The number of carbonyl (C=O) groups is 4. The summed E-state index contributed by atoms with van der Waals surface area (Å²) in [7, 11) is -1.31. The molecule has 10 nitrogen and oxygen atoms in total. The number of aliphatic carboxylic acids is 1. The Morgan fingerprint density at radius 3 is 2.53 bits per heavy atom. The van der Waals surface area contributed by atoms with Gasteiger partial charge in [0, 0.05) is 5.02 Å². The van der Waals surface area contributed by atoms with E-state index in [1.165, 1.54) is 18.2 Å². The highest BCUT2D eigenvalue weighted by Gasteiger charge is 2.56. The summed E-state index contributed by atoms with van der Waals surface area (Å²) in [6, 6.07) is 4.33. The highest BCUT2D eigenvalue weighted by atomic mass is 35.5. The second-order valence-corrected chi connectivity index (χ2v) is 8.57. The Labute approximate surface area is 194 Å². The average molecular weight is 489 g/mol. The van der Waals surface area contributed by atoms with Gasteiger partial charge in [-0.1, -0.05) is 37.0 Å². The molecule has 2 amide bonds. The summed E-state index contributed by atoms with van der Waals surface area (Å²) >= 11 is 11.8. The van der Waals surface area contributed by atoms with Crippen LogP contribution in [0.25, 0.3) is 0 Å². The van der Waals surface area contributed by atoms with Crippen LogP contribution in [0.4, 0.5) is 0 Å². The smallest absolute Gasteiger partial charge is 0.506 e. The lowest BCUT2D eigenvalue weighted by molar-refractivity contribution is -0.155. The van der Waals surface area contributed by atoms with E-state index in [1.807, 2.05) is 13.8 Å². The Morgan fingerprint density at radius 1 is 1.25 bits per heavy atom. The third-order valence-corrected chi connectivity index (χ3v) is 5.18. The summed E-state index contributed by atoms with van der Waals surface area (Å²) in [6.45, 7) is 2.40. The van der Waals surface area contributed by atoms with Crippen LogP contribution in [-0.2, 0) is 23.7 Å². The fourth-order valence-corrected chi connectivity index (χ4v) is 3.49. The Balaban J connectivity index is 2.05. The topological polar surface area (TPSA) is 151 Å². The quantitative estimate of drug-likeness (QED) is 0.357. The number of benzene rings is 1. The fourth-order valence-electron chi connectivity index (χ4n) is 3.12. The highest BCUT2D eigenvalue weighted by molar-refractivity contribution is 6.51. The molecule has 1 aromatic rings. The van der Waals surface area contributed by atoms with Crippen molar-refractivity contribution in [3.05, 3.63) is 33.8 Å². The van der Waals surface area contributed by atoms with Crippen LogP contribution >= 0.6 is 23.2 Å². The first kappa shape index (κ1) is 25.9. The molecule has 4 N–H and O–H groups in total. The number of hydrogen-bond donors (Lipinski definition) is 4. The maximum Gasteiger partial charge on any atom is 0.552 e. The zero-order chi connectivity index (χ0) is 24.1. The molecule has 1 fully saturated rings. The van der Waals surface area contributed by atoms with E-state index in [1.54, 1.807) is 0 Å². The molecular weight excluding hydrogens is 466 g/mol. The van der Waals surface area contributed by atoms with Crippen LogP contribution < -0.4 is 10.6 Å². The van der Waals surface area contributed by atoms with Gasteiger partial charge in [0.1, 0.15) is 0 Å². The summed E-state index contributed by atoms with van der Waals surface area (Å²) in [5.74, 6) is -4.42. The molecule has 0 aromatic heterocycles. The van der Waals surface area contributed by atoms with Crippen molar-refractivity contribution in [3.63, 3.8) is 0 Å². The van der Waals surface area contributed by atoms with Gasteiger partial charge in [-0.15, -0.1) is 0 Å². The van der Waals surface area contributed by atoms with Crippen molar-refractivity contribution in [2.24, 2.45) is 5.92 Å². The number of carboxylic acid groups (broad SMARTS) is 1. The first-order valence-corrected chi connectivity index (χ1v) is 10.5. The van der Waals surface area contributed by atoms with Crippen molar-refractivity contribution in [2.75, 3.05) is 13.2 Å². The molecule has 0 aliphatic carbocycles. The summed E-state index contributed by atoms with van der Waals surface area (Å²) in [5, 5.41) is 24.1. The molecule has 0 radical (unpaired) electrons. The number of rotatable bonds is 10. The van der Waals surface area contributed by atoms with Crippen LogP contribution in [0.15, 0.2) is 18.2 Å². The number of aliphatic hydroxyl groups is 1. The second kappa shape index (κ2) is 11.0. The lowest BCUT2D eigenvalue weighted by Gasteiger charge is -2.24. The first-order valence-electron chi connectivity index (χ1n) is 9.71. The first-order chi connectivity index (χ1) is 15.0. The molecular formula is C19H23BCl2N2O8. The van der Waals surface area contributed by atoms with Crippen molar-refractivity contribution < 1.29 is 38.7 Å². The molecule has 174 valence electrons. The van der Waals surface area contributed by atoms with E-state index in [-0.39, 0.29) is 16.5 Å². The van der Waals surface area contributed by atoms with Gasteiger partial charge >= 0.3 is 19.1 Å². The third kappa shape index (κ3) is 6.58. The number of carbonyl (C=O) groups excluding carboxylic acids is 3. The molecule has 2 atom stereocenters. The third-order valence-electron chi connectivity index (χ3n) is 4.61. The van der Waals surface area contributed by atoms with E-state index in [0.717, 1.165) is 0 Å². The molecule has 1 aliphatic rings. The predicted octanol–water partition coefficient (Wildman–Crippen LogP) is 1.06. The molecule has 1 unspecified atom stereocenters. The summed E-state index contributed by atoms with van der Waals surface area (Å²) in [5.41, 5.74) is -1.95. The van der Waals surface area contributed by atoms with E-state index >= 15 is 0 Å². The van der Waals surface area contributed by atoms with Crippen molar-refractivity contribution >= 4 is 54.1 Å². The van der Waals surface area contributed by atoms with Crippen molar-refractivity contribution in [1.29, 1.82) is 0 Å². The summed E-state index contributed by atoms with van der Waals surface area (Å²) in [4.78, 5) is 48.0. The van der Waals surface area contributed by atoms with Gasteiger partial charge in [0.2, 0.25) is 5.91 Å². The monoisotopic (exact) mass is 488 g/mol. The zero-order valence-corrected chi connectivity index (χ0v) is 18.9. The van der Waals surface area contributed by atoms with Crippen molar-refractivity contribution in [3.8, 4) is 0 Å². The van der Waals surface area contributed by atoms with Gasteiger partial charge in [0.15, 0.2) is 5.60 Å². The van der Waals surface area contributed by atoms with E-state index in [2.05, 4.69) is 10.6 Å². The van der Waals surface area contributed by atoms with Crippen LogP contribution in [0.5, 0.6) is 0 Å². The summed E-state index contributed by atoms with van der Waals surface area (Å²) < 4.78 is 10.6. The number of aliphatic hydroxyl groups excluding tert-OH is 1. The molecule has 0 bridgehead atoms. The Bertz CT molecular complexity index is 900. The summed E-state index contributed by atoms with van der Waals surface area (Å²) in [6.07, 6.45) is -0.482. The van der Waals surface area contributed by atoms with Gasteiger partial charge in [-0.05, 0) is 30.5 Å². The molecule has 13 heteroatoms. The van der Waals surface area contributed by atoms with Crippen LogP contribution in [0.1, 0.15) is 37.0 Å². The van der Waals surface area contributed by atoms with E-state index in [0.29, 0.717) is 11.4 Å². The maximum atomic E-state index is 12.4. The molecule has 1 heterocycles. The van der Waals surface area contributed by atoms with Gasteiger partial charge in [-0.25, -0.2) is 0 Å². The number of hydrogen-bond acceptors (Lipinski definition) is 7. The highest BCUT2D eigenvalue weighted by Crippen LogP contribution is 2.29. The Hall–Kier alpha value is -2.34. The number of halogens is 2. The minimum Gasteiger partial charge on any atom is -0.506 e. The number of nitrogens with one attached hydrogen (secondary N) is 2. The average Bonchev–Trinajstić information content (AvgIpc) is 3.03. The van der Waals surface area contributed by atoms with Gasteiger partial charge < -0.3 is 30.2 Å². The van der Waals surface area contributed by atoms with Gasteiger partial charge in [0.25, 0.3) is 5.91 Å². The lowest BCUT2D eigenvalue weighted by atomic mass is 9.74. The van der Waals surface area contributed by atoms with Gasteiger partial charge in [0.05, 0.1) is 36.1 Å². The normalized spacial score (nSPS) is 18.9. The Kier molecular flexibility index (Phi) is 8.91. The SMILES string of the molecule is CC(C)C[C@H](NC(=O)CNC(=O)c1cc(Cl)ccc1Cl)B1OC(=O)C(CO)(CC(=O)O)O1. The molecule has 32 heavy (non-hydrogen) atoms. The van der Waals surface area contributed by atoms with Gasteiger partial charge in [-0.2, -0.15) is 0 Å². The molecule has 0 spiro atoms. The van der Waals surface area contributed by atoms with E-state index < -0.39 is 62.0 Å². The fraction of sp³-hybridized carbons (Fsp3) is 0.474. The zero-order valence-electron chi connectivity index (χ0n) is 17.4. The molecule has 1 saturated heterocycles. The van der Waals surface area contributed by atoms with Crippen LogP contribution in [0.2, 0.25) is 10.0 Å². The maximum absolute atomic E-state index is 12.4. The number of amides is 2. The standard InChI is InChI=1S/C19H23BCl2N2O8/c1-10(2)5-14(20-31-18(30)19(9-25,32-20)7-16(27)28)24-15(26)8-23-17(29)12-6-11(21)3-4-13(12)22/h3-4,6,10,14,25H,5,7-9H2,1-2H3,(H,23,29)(H,24,26)(H,27,28)/t14-,19?/m0/s1. The molecule has 0 saturated carbocycles. The van der Waals surface area contributed by atoms with Crippen molar-refractivity contribution in [2.45, 2.75) is 38.2 Å². The van der Waals surface area contributed by atoms with Crippen molar-refractivity contribution in [1.82, 2.24) is 10.6 Å². The van der Waals surface area contributed by atoms with Crippen LogP contribution in [0, 0.1) is 5.92 Å². The predicted molar refractivity (Wildman–Crippen MR) is 115 cm³/mol. The van der Waals surface area contributed by atoms with Crippen LogP contribution in [-0.4, -0.2) is 65.8 Å². The van der Waals surface area contributed by atoms with E-state index in [4.69, 9.17) is 37.6 Å². The second-order valence-electron chi connectivity index (χ2n) is 7.72. The van der Waals surface area contributed by atoms with E-state index in [9.17, 15) is 24.3 Å². The largest absolute Gasteiger partial charge is 0.552 e. The lowest BCUT2D eigenvalue weighted by Crippen LogP contribution is -2.52. The Morgan fingerprint density at radius 2 is 1.94 bits per heavy atom. The number of carboxylic acids is 1. The minimum atomic E-state index is -2.05. The molecule has 2 rings (SSSR count). The molecule has 1 aromatic carbocycles. The minimum absolute atomic E-state index is 0.0334.